The van der Waals surface area contributed by atoms with E-state index in [2.05, 4.69) is 47.9 Å². The molecule has 1 amide bonds. The van der Waals surface area contributed by atoms with Crippen LogP contribution in [0.5, 0.6) is 0 Å². The van der Waals surface area contributed by atoms with E-state index in [-0.39, 0.29) is 18.0 Å². The van der Waals surface area contributed by atoms with E-state index in [1.807, 2.05) is 6.07 Å². The Labute approximate surface area is 232 Å². The number of benzene rings is 1. The second-order valence-electron chi connectivity index (χ2n) is 11.8. The van der Waals surface area contributed by atoms with Crippen LogP contribution in [0.25, 0.3) is 0 Å². The molecule has 1 aromatic carbocycles. The molecule has 2 unspecified atom stereocenters. The molecule has 4 aliphatic carbocycles. The highest BCUT2D eigenvalue weighted by Crippen LogP contribution is 2.55. The highest BCUT2D eigenvalue weighted by atomic mass is 79.9. The average molecular weight is 605 g/mol. The van der Waals surface area contributed by atoms with E-state index >= 15 is 0 Å². The Morgan fingerprint density at radius 3 is 2.55 bits per heavy atom. The number of rotatable bonds is 5. The van der Waals surface area contributed by atoms with Crippen LogP contribution in [0.4, 0.5) is 11.6 Å². The number of piperazine rings is 1. The Balaban J connectivity index is 1.16. The number of carbonyl (C=O) groups excluding carboxylic acids is 1. The van der Waals surface area contributed by atoms with Gasteiger partial charge in [0, 0.05) is 48.6 Å². The van der Waals surface area contributed by atoms with Crippen molar-refractivity contribution in [2.45, 2.75) is 61.6 Å². The van der Waals surface area contributed by atoms with Crippen molar-refractivity contribution in [2.24, 2.45) is 17.8 Å². The number of carbonyl (C=O) groups is 1. The number of nitrogens with one attached hydrogen (secondary N) is 1. The van der Waals surface area contributed by atoms with Crippen LogP contribution in [0.1, 0.15) is 49.5 Å². The van der Waals surface area contributed by atoms with Crippen LogP contribution in [-0.4, -0.2) is 73.0 Å². The van der Waals surface area contributed by atoms with Gasteiger partial charge in [-0.25, -0.2) is 18.4 Å². The molecule has 0 spiro atoms. The fraction of sp³-hybridized carbons (Fsp3) is 0.593. The molecule has 0 radical (unpaired) electrons. The number of nitrogens with zero attached hydrogens (tertiary/aromatic N) is 4. The Morgan fingerprint density at radius 1 is 1.16 bits per heavy atom. The van der Waals surface area contributed by atoms with Crippen molar-refractivity contribution in [3.05, 3.63) is 40.6 Å². The van der Waals surface area contributed by atoms with Crippen molar-refractivity contribution in [2.75, 3.05) is 35.7 Å². The number of sulfone groups is 1. The summed E-state index contributed by atoms with van der Waals surface area (Å²) in [5.74, 6) is 1.57. The van der Waals surface area contributed by atoms with E-state index in [0.29, 0.717) is 59.6 Å². The van der Waals surface area contributed by atoms with Crippen LogP contribution in [-0.2, 0) is 9.84 Å². The van der Waals surface area contributed by atoms with Gasteiger partial charge in [-0.15, -0.1) is 0 Å². The van der Waals surface area contributed by atoms with E-state index in [9.17, 15) is 18.3 Å². The number of anilines is 2. The lowest BCUT2D eigenvalue weighted by molar-refractivity contribution is -0.136. The van der Waals surface area contributed by atoms with Gasteiger partial charge in [0.15, 0.2) is 9.84 Å². The molecule has 204 valence electrons. The van der Waals surface area contributed by atoms with E-state index in [4.69, 9.17) is 0 Å². The van der Waals surface area contributed by atoms with Crippen molar-refractivity contribution < 1.29 is 18.3 Å². The van der Waals surface area contributed by atoms with Crippen molar-refractivity contribution in [1.82, 2.24) is 15.3 Å². The van der Waals surface area contributed by atoms with Crippen molar-refractivity contribution in [1.29, 1.82) is 0 Å². The van der Waals surface area contributed by atoms with Crippen LogP contribution in [0.2, 0.25) is 0 Å². The Morgan fingerprint density at radius 2 is 1.89 bits per heavy atom. The maximum Gasteiger partial charge on any atom is 0.270 e. The van der Waals surface area contributed by atoms with Crippen molar-refractivity contribution >= 4 is 43.3 Å². The lowest BCUT2D eigenvalue weighted by Crippen LogP contribution is -2.61. The summed E-state index contributed by atoms with van der Waals surface area (Å²) in [5.41, 5.74) is 0.502. The molecular formula is C27H34BrN5O4S. The zero-order valence-electron chi connectivity index (χ0n) is 21.7. The molecule has 1 saturated heterocycles. The molecule has 3 atom stereocenters. The van der Waals surface area contributed by atoms with Gasteiger partial charge < -0.3 is 20.2 Å². The Hall–Kier alpha value is -2.24. The summed E-state index contributed by atoms with van der Waals surface area (Å²) >= 11 is 3.47. The van der Waals surface area contributed by atoms with Gasteiger partial charge in [0.1, 0.15) is 5.69 Å². The number of amides is 1. The van der Waals surface area contributed by atoms with E-state index < -0.39 is 15.4 Å². The van der Waals surface area contributed by atoms with Gasteiger partial charge in [-0.05, 0) is 81.0 Å². The van der Waals surface area contributed by atoms with Gasteiger partial charge >= 0.3 is 0 Å². The minimum atomic E-state index is -3.38. The summed E-state index contributed by atoms with van der Waals surface area (Å²) in [6.07, 6.45) is 7.50. The summed E-state index contributed by atoms with van der Waals surface area (Å²) in [6, 6.07) is 6.98. The normalized spacial score (nSPS) is 32.5. The minimum absolute atomic E-state index is 0.00127. The first-order chi connectivity index (χ1) is 18.0. The van der Waals surface area contributed by atoms with Crippen LogP contribution < -0.4 is 15.1 Å². The Bertz CT molecular complexity index is 1350. The highest BCUT2D eigenvalue weighted by Gasteiger charge is 2.55. The monoisotopic (exact) mass is 603 g/mol. The fourth-order valence-electron chi connectivity index (χ4n) is 7.58. The summed E-state index contributed by atoms with van der Waals surface area (Å²) in [7, 11) is -3.38. The SMILES string of the molecule is C[C@@H]1CN(c2cc(Br)ccc2S(C)(=O)=O)CCN1c1nccc(C(=O)NC2C3CC4CC2CC(O)(C4)C3)n1. The minimum Gasteiger partial charge on any atom is -0.390 e. The molecule has 5 aliphatic rings. The topological polar surface area (TPSA) is 116 Å². The lowest BCUT2D eigenvalue weighted by atomic mass is 9.52. The molecule has 2 aromatic rings. The molecule has 7 rings (SSSR count). The second kappa shape index (κ2) is 9.45. The predicted molar refractivity (Wildman–Crippen MR) is 148 cm³/mol. The van der Waals surface area contributed by atoms with Gasteiger partial charge in [0.25, 0.3) is 5.91 Å². The third kappa shape index (κ3) is 4.81. The zero-order chi connectivity index (χ0) is 26.8. The van der Waals surface area contributed by atoms with Crippen LogP contribution >= 0.6 is 15.9 Å². The van der Waals surface area contributed by atoms with Gasteiger partial charge in [-0.1, -0.05) is 15.9 Å². The summed E-state index contributed by atoms with van der Waals surface area (Å²) in [4.78, 5) is 26.9. The zero-order valence-corrected chi connectivity index (χ0v) is 24.1. The number of hydrogen-bond donors (Lipinski definition) is 2. The molecule has 5 fully saturated rings. The second-order valence-corrected chi connectivity index (χ2v) is 14.7. The molecule has 2 heterocycles. The van der Waals surface area contributed by atoms with Gasteiger partial charge in [0.05, 0.1) is 16.2 Å². The number of hydrogen-bond acceptors (Lipinski definition) is 8. The molecule has 11 heteroatoms. The van der Waals surface area contributed by atoms with Crippen molar-refractivity contribution in [3.8, 4) is 0 Å². The molecule has 1 aromatic heterocycles. The first kappa shape index (κ1) is 26.0. The number of aliphatic hydroxyl groups is 1. The average Bonchev–Trinajstić information content (AvgIpc) is 2.84. The quantitative estimate of drug-likeness (QED) is 0.536. The van der Waals surface area contributed by atoms with Crippen LogP contribution in [0, 0.1) is 17.8 Å². The summed E-state index contributed by atoms with van der Waals surface area (Å²) in [5, 5.41) is 14.1. The number of aromatic nitrogens is 2. The lowest BCUT2D eigenvalue weighted by Gasteiger charge is -2.58. The third-order valence-corrected chi connectivity index (χ3v) is 10.6. The first-order valence-electron chi connectivity index (χ1n) is 13.4. The molecule has 4 saturated carbocycles. The van der Waals surface area contributed by atoms with Gasteiger partial charge in [-0.2, -0.15) is 0 Å². The summed E-state index contributed by atoms with van der Waals surface area (Å²) < 4.78 is 25.6. The van der Waals surface area contributed by atoms with Gasteiger partial charge in [0.2, 0.25) is 5.95 Å². The Kier molecular flexibility index (Phi) is 6.47. The van der Waals surface area contributed by atoms with E-state index in [1.165, 1.54) is 6.26 Å². The van der Waals surface area contributed by atoms with E-state index in [1.54, 1.807) is 24.4 Å². The van der Waals surface area contributed by atoms with Crippen LogP contribution in [0.15, 0.2) is 39.8 Å². The van der Waals surface area contributed by atoms with Crippen LogP contribution in [0.3, 0.4) is 0 Å². The predicted octanol–water partition coefficient (Wildman–Crippen LogP) is 3.03. The largest absolute Gasteiger partial charge is 0.390 e. The first-order valence-corrected chi connectivity index (χ1v) is 16.0. The number of halogens is 1. The smallest absolute Gasteiger partial charge is 0.270 e. The maximum absolute atomic E-state index is 13.3. The maximum atomic E-state index is 13.3. The fourth-order valence-corrected chi connectivity index (χ4v) is 8.81. The van der Waals surface area contributed by atoms with Crippen molar-refractivity contribution in [3.63, 3.8) is 0 Å². The standard InChI is InChI=1S/C27H34BrN5O4S/c1-16-15-32(22-11-20(28)3-4-23(22)38(2,36)37)7-8-33(16)26-29-6-5-21(30-26)25(34)31-24-18-9-17-10-19(24)14-27(35,12-17)13-18/h3-6,11,16-19,24,35H,7-10,12-15H2,1-2H3,(H,31,34)/t16-,17?,18?,19?,24?,27?/m1/s1. The molecule has 38 heavy (non-hydrogen) atoms. The third-order valence-electron chi connectivity index (χ3n) is 8.96. The highest BCUT2D eigenvalue weighted by molar-refractivity contribution is 9.10. The molecule has 2 N–H and O–H groups in total. The molecule has 1 aliphatic heterocycles. The van der Waals surface area contributed by atoms with E-state index in [0.717, 1.165) is 36.6 Å². The molecular weight excluding hydrogens is 570 g/mol. The summed E-state index contributed by atoms with van der Waals surface area (Å²) in [6.45, 7) is 3.83. The molecule has 9 nitrogen and oxygen atoms in total. The molecule has 4 bridgehead atoms. The van der Waals surface area contributed by atoms with Gasteiger partial charge in [-0.3, -0.25) is 4.79 Å².